The van der Waals surface area contributed by atoms with Gasteiger partial charge in [-0.15, -0.1) is 0 Å². The normalized spacial score (nSPS) is 16.1. The molecule has 0 bridgehead atoms. The number of rotatable bonds is 8. The van der Waals surface area contributed by atoms with Crippen LogP contribution >= 0.6 is 0 Å². The number of carbonyl (C=O) groups is 1. The number of carbonyl (C=O) groups excluding carboxylic acids is 1. The predicted octanol–water partition coefficient (Wildman–Crippen LogP) is 3.19. The van der Waals surface area contributed by atoms with Gasteiger partial charge in [0.05, 0.1) is 12.6 Å². The molecule has 0 spiro atoms. The van der Waals surface area contributed by atoms with Crippen molar-refractivity contribution in [1.29, 1.82) is 0 Å². The molecule has 1 aliphatic rings. The maximum absolute atomic E-state index is 11.5. The third kappa shape index (κ3) is 6.44. The van der Waals surface area contributed by atoms with Gasteiger partial charge in [-0.1, -0.05) is 60.7 Å². The molecule has 1 fully saturated rings. The van der Waals surface area contributed by atoms with E-state index in [1.54, 1.807) is 6.92 Å². The van der Waals surface area contributed by atoms with Crippen molar-refractivity contribution in [3.8, 4) is 0 Å². The molecule has 2 N–H and O–H groups in total. The molecule has 0 amide bonds. The van der Waals surface area contributed by atoms with Crippen LogP contribution in [0.3, 0.4) is 0 Å². The molecular weight excluding hydrogens is 362 g/mol. The number of hydrogen-bond donors (Lipinski definition) is 1. The first-order valence-corrected chi connectivity index (χ1v) is 10.3. The number of nitrogens with zero attached hydrogens (tertiary/aromatic N) is 2. The molecule has 29 heavy (non-hydrogen) atoms. The lowest BCUT2D eigenvalue weighted by molar-refractivity contribution is -0.138. The Bertz CT molecular complexity index is 741. The molecule has 0 aliphatic carbocycles. The van der Waals surface area contributed by atoms with Crippen molar-refractivity contribution in [3.63, 3.8) is 0 Å². The topological polar surface area (TPSA) is 58.8 Å². The summed E-state index contributed by atoms with van der Waals surface area (Å²) in [6.07, 6.45) is 2.16. The number of nitrogens with two attached hydrogens (primary N) is 1. The summed E-state index contributed by atoms with van der Waals surface area (Å²) in [6, 6.07) is 21.8. The number of esters is 1. The number of piperazine rings is 1. The van der Waals surface area contributed by atoms with Crippen molar-refractivity contribution >= 4 is 5.97 Å². The zero-order valence-corrected chi connectivity index (χ0v) is 17.2. The molecule has 2 aromatic carbocycles. The minimum absolute atomic E-state index is 0.284. The average molecular weight is 394 g/mol. The molecule has 5 heteroatoms. The third-order valence-corrected chi connectivity index (χ3v) is 5.21. The fraction of sp³-hybridized carbons (Fsp3) is 0.375. The first kappa shape index (κ1) is 21.1. The van der Waals surface area contributed by atoms with Crippen LogP contribution in [-0.2, 0) is 9.53 Å². The fourth-order valence-corrected chi connectivity index (χ4v) is 3.82. The monoisotopic (exact) mass is 393 g/mol. The van der Waals surface area contributed by atoms with Gasteiger partial charge in [-0.3, -0.25) is 4.90 Å². The summed E-state index contributed by atoms with van der Waals surface area (Å²) in [5, 5.41) is 0. The number of hydrogen-bond acceptors (Lipinski definition) is 5. The van der Waals surface area contributed by atoms with Crippen molar-refractivity contribution in [2.24, 2.45) is 5.73 Å². The van der Waals surface area contributed by atoms with Crippen LogP contribution in [0.1, 0.15) is 30.5 Å². The van der Waals surface area contributed by atoms with Gasteiger partial charge in [-0.2, -0.15) is 0 Å². The number of benzene rings is 2. The van der Waals surface area contributed by atoms with Gasteiger partial charge in [0.1, 0.15) is 0 Å². The Morgan fingerprint density at radius 1 is 1.00 bits per heavy atom. The van der Waals surface area contributed by atoms with Crippen LogP contribution in [0.2, 0.25) is 0 Å². The Hall–Kier alpha value is -2.63. The Kier molecular flexibility index (Phi) is 7.85. The third-order valence-electron chi connectivity index (χ3n) is 5.21. The van der Waals surface area contributed by atoms with Crippen molar-refractivity contribution in [2.75, 3.05) is 39.3 Å². The highest BCUT2D eigenvalue weighted by atomic mass is 16.5. The van der Waals surface area contributed by atoms with E-state index < -0.39 is 0 Å². The SMILES string of the molecule is CC(N)=CC(=O)OCCCN1CCN(C(c2ccccc2)c2ccccc2)CC1. The molecule has 0 atom stereocenters. The molecule has 0 saturated carbocycles. The smallest absolute Gasteiger partial charge is 0.332 e. The Morgan fingerprint density at radius 3 is 2.07 bits per heavy atom. The molecule has 0 unspecified atom stereocenters. The average Bonchev–Trinajstić information content (AvgIpc) is 2.73. The van der Waals surface area contributed by atoms with Crippen LogP contribution in [-0.4, -0.2) is 55.1 Å². The van der Waals surface area contributed by atoms with Gasteiger partial charge in [0.2, 0.25) is 0 Å². The van der Waals surface area contributed by atoms with Crippen molar-refractivity contribution in [1.82, 2.24) is 9.80 Å². The first-order chi connectivity index (χ1) is 14.1. The lowest BCUT2D eigenvalue weighted by Gasteiger charge is -2.39. The maximum atomic E-state index is 11.5. The zero-order valence-electron chi connectivity index (χ0n) is 17.2. The minimum Gasteiger partial charge on any atom is -0.462 e. The summed E-state index contributed by atoms with van der Waals surface area (Å²) >= 11 is 0. The Balaban J connectivity index is 1.52. The van der Waals surface area contributed by atoms with Crippen molar-refractivity contribution in [3.05, 3.63) is 83.6 Å². The van der Waals surface area contributed by atoms with Gasteiger partial charge >= 0.3 is 5.97 Å². The van der Waals surface area contributed by atoms with E-state index in [2.05, 4.69) is 70.5 Å². The summed E-state index contributed by atoms with van der Waals surface area (Å²) in [6.45, 7) is 7.12. The summed E-state index contributed by atoms with van der Waals surface area (Å²) in [7, 11) is 0. The summed E-state index contributed by atoms with van der Waals surface area (Å²) in [5.74, 6) is -0.358. The molecular formula is C24H31N3O2. The molecule has 2 aromatic rings. The fourth-order valence-electron chi connectivity index (χ4n) is 3.82. The van der Waals surface area contributed by atoms with Crippen molar-refractivity contribution in [2.45, 2.75) is 19.4 Å². The van der Waals surface area contributed by atoms with Crippen LogP contribution in [0, 0.1) is 0 Å². The lowest BCUT2D eigenvalue weighted by atomic mass is 9.96. The van der Waals surface area contributed by atoms with E-state index in [1.165, 1.54) is 17.2 Å². The van der Waals surface area contributed by atoms with Crippen LogP contribution < -0.4 is 5.73 Å². The molecule has 1 saturated heterocycles. The second-order valence-electron chi connectivity index (χ2n) is 7.51. The standard InChI is InChI=1S/C24H31N3O2/c1-20(25)19-23(28)29-18-8-13-26-14-16-27(17-15-26)24(21-9-4-2-5-10-21)22-11-6-3-7-12-22/h2-7,9-12,19,24H,8,13-18,25H2,1H3. The lowest BCUT2D eigenvalue weighted by Crippen LogP contribution is -2.48. The second kappa shape index (κ2) is 10.8. The second-order valence-corrected chi connectivity index (χ2v) is 7.51. The van der Waals surface area contributed by atoms with E-state index in [0.29, 0.717) is 12.3 Å². The molecule has 0 radical (unpaired) electrons. The van der Waals surface area contributed by atoms with Gasteiger partial charge in [0.15, 0.2) is 0 Å². The number of allylic oxidation sites excluding steroid dienone is 1. The molecule has 0 aromatic heterocycles. The van der Waals surface area contributed by atoms with E-state index in [0.717, 1.165) is 39.1 Å². The highest BCUT2D eigenvalue weighted by molar-refractivity contribution is 5.82. The van der Waals surface area contributed by atoms with Gasteiger partial charge in [-0.25, -0.2) is 4.79 Å². The van der Waals surface area contributed by atoms with Crippen LogP contribution in [0.5, 0.6) is 0 Å². The molecule has 154 valence electrons. The summed E-state index contributed by atoms with van der Waals surface area (Å²) in [4.78, 5) is 16.5. The van der Waals surface area contributed by atoms with E-state index in [4.69, 9.17) is 10.5 Å². The van der Waals surface area contributed by atoms with Crippen LogP contribution in [0.15, 0.2) is 72.4 Å². The van der Waals surface area contributed by atoms with Gasteiger partial charge in [0, 0.05) is 44.5 Å². The van der Waals surface area contributed by atoms with Gasteiger partial charge in [-0.05, 0) is 24.5 Å². The molecule has 1 heterocycles. The van der Waals surface area contributed by atoms with E-state index in [9.17, 15) is 4.79 Å². The molecule has 3 rings (SSSR count). The van der Waals surface area contributed by atoms with Gasteiger partial charge < -0.3 is 15.4 Å². The largest absolute Gasteiger partial charge is 0.462 e. The Morgan fingerprint density at radius 2 is 1.55 bits per heavy atom. The molecule has 1 aliphatic heterocycles. The highest BCUT2D eigenvalue weighted by Gasteiger charge is 2.26. The van der Waals surface area contributed by atoms with E-state index >= 15 is 0 Å². The Labute approximate surface area is 173 Å². The zero-order chi connectivity index (χ0) is 20.5. The van der Waals surface area contributed by atoms with Gasteiger partial charge in [0.25, 0.3) is 0 Å². The summed E-state index contributed by atoms with van der Waals surface area (Å²) < 4.78 is 5.19. The van der Waals surface area contributed by atoms with Crippen molar-refractivity contribution < 1.29 is 9.53 Å². The minimum atomic E-state index is -0.358. The highest BCUT2D eigenvalue weighted by Crippen LogP contribution is 2.29. The number of ether oxygens (including phenoxy) is 1. The van der Waals surface area contributed by atoms with Crippen LogP contribution in [0.4, 0.5) is 0 Å². The van der Waals surface area contributed by atoms with E-state index in [-0.39, 0.29) is 12.0 Å². The quantitative estimate of drug-likeness (QED) is 0.424. The first-order valence-electron chi connectivity index (χ1n) is 10.3. The predicted molar refractivity (Wildman–Crippen MR) is 116 cm³/mol. The molecule has 5 nitrogen and oxygen atoms in total. The maximum Gasteiger partial charge on any atom is 0.332 e. The van der Waals surface area contributed by atoms with E-state index in [1.807, 2.05) is 0 Å². The summed E-state index contributed by atoms with van der Waals surface area (Å²) in [5.41, 5.74) is 8.62. The van der Waals surface area contributed by atoms with Crippen LogP contribution in [0.25, 0.3) is 0 Å².